The van der Waals surface area contributed by atoms with E-state index in [2.05, 4.69) is 4.98 Å². The molecule has 1 aromatic rings. The van der Waals surface area contributed by atoms with E-state index >= 15 is 0 Å². The number of nitrogens with zero attached hydrogens (tertiary/aromatic N) is 1. The Morgan fingerprint density at radius 3 is 2.57 bits per heavy atom. The summed E-state index contributed by atoms with van der Waals surface area (Å²) in [6.45, 7) is 1.27. The summed E-state index contributed by atoms with van der Waals surface area (Å²) in [6, 6.07) is 2.30. The molecule has 0 bridgehead atoms. The summed E-state index contributed by atoms with van der Waals surface area (Å²) >= 11 is 0. The first-order chi connectivity index (χ1) is 6.52. The fourth-order valence-electron chi connectivity index (χ4n) is 0.870. The monoisotopic (exact) mass is 199 g/mol. The van der Waals surface area contributed by atoms with Crippen molar-refractivity contribution in [2.45, 2.75) is 6.92 Å². The molecule has 5 heteroatoms. The van der Waals surface area contributed by atoms with Crippen molar-refractivity contribution in [3.63, 3.8) is 0 Å². The molecule has 74 valence electrons. The Balaban J connectivity index is 3.12. The van der Waals surface area contributed by atoms with Gasteiger partial charge < -0.3 is 5.11 Å². The number of halogens is 2. The average molecular weight is 199 g/mol. The summed E-state index contributed by atoms with van der Waals surface area (Å²) in [5.74, 6) is -3.50. The van der Waals surface area contributed by atoms with Crippen molar-refractivity contribution in [3.05, 3.63) is 35.7 Å². The molecule has 1 aromatic heterocycles. The highest BCUT2D eigenvalue weighted by Gasteiger charge is 2.12. The number of carboxylic acid groups (broad SMARTS) is 1. The second kappa shape index (κ2) is 3.95. The summed E-state index contributed by atoms with van der Waals surface area (Å²) in [5.41, 5.74) is -0.0243. The predicted octanol–water partition coefficient (Wildman–Crippen LogP) is 2.01. The highest BCUT2D eigenvalue weighted by atomic mass is 19.1. The minimum Gasteiger partial charge on any atom is -0.476 e. The molecule has 0 amide bonds. The van der Waals surface area contributed by atoms with Gasteiger partial charge in [-0.1, -0.05) is 0 Å². The smallest absolute Gasteiger partial charge is 0.365 e. The topological polar surface area (TPSA) is 50.2 Å². The number of carbonyl (C=O) groups is 1. The molecule has 0 saturated carbocycles. The van der Waals surface area contributed by atoms with Crippen molar-refractivity contribution >= 4 is 11.5 Å². The van der Waals surface area contributed by atoms with E-state index in [0.29, 0.717) is 0 Å². The van der Waals surface area contributed by atoms with Gasteiger partial charge >= 0.3 is 5.97 Å². The van der Waals surface area contributed by atoms with Crippen LogP contribution in [0.1, 0.15) is 12.6 Å². The second-order valence-corrected chi connectivity index (χ2v) is 2.61. The molecule has 1 heterocycles. The molecule has 0 aliphatic rings. The maximum Gasteiger partial charge on any atom is 0.365 e. The fraction of sp³-hybridized carbons (Fsp3) is 0.111. The molecule has 1 rings (SSSR count). The third kappa shape index (κ3) is 2.12. The van der Waals surface area contributed by atoms with Crippen LogP contribution in [0.4, 0.5) is 8.78 Å². The lowest BCUT2D eigenvalue weighted by Crippen LogP contribution is -1.99. The van der Waals surface area contributed by atoms with Crippen LogP contribution in [-0.4, -0.2) is 16.1 Å². The fourth-order valence-corrected chi connectivity index (χ4v) is 0.870. The maximum atomic E-state index is 12.9. The van der Waals surface area contributed by atoms with Crippen molar-refractivity contribution in [1.29, 1.82) is 0 Å². The van der Waals surface area contributed by atoms with E-state index in [0.717, 1.165) is 12.3 Å². The number of rotatable bonds is 2. The lowest BCUT2D eigenvalue weighted by Gasteiger charge is -2.00. The van der Waals surface area contributed by atoms with Gasteiger partial charge in [-0.2, -0.15) is 4.39 Å². The Labute approximate surface area is 78.7 Å². The molecule has 0 aromatic carbocycles. The summed E-state index contributed by atoms with van der Waals surface area (Å²) in [6.07, 6.45) is 0.897. The van der Waals surface area contributed by atoms with Gasteiger partial charge in [-0.05, 0) is 19.1 Å². The van der Waals surface area contributed by atoms with Gasteiger partial charge in [0.15, 0.2) is 0 Å². The van der Waals surface area contributed by atoms with Crippen molar-refractivity contribution in [1.82, 2.24) is 4.98 Å². The van der Waals surface area contributed by atoms with Gasteiger partial charge in [-0.3, -0.25) is 4.98 Å². The Morgan fingerprint density at radius 1 is 1.50 bits per heavy atom. The summed E-state index contributed by atoms with van der Waals surface area (Å²) in [7, 11) is 0. The lowest BCUT2D eigenvalue weighted by molar-refractivity contribution is -0.134. The number of hydrogen-bond acceptors (Lipinski definition) is 2. The van der Waals surface area contributed by atoms with Gasteiger partial charge in [-0.25, -0.2) is 9.18 Å². The van der Waals surface area contributed by atoms with Gasteiger partial charge in [0.25, 0.3) is 0 Å². The maximum absolute atomic E-state index is 12.9. The zero-order chi connectivity index (χ0) is 10.7. The van der Waals surface area contributed by atoms with Crippen molar-refractivity contribution in [2.24, 2.45) is 0 Å². The summed E-state index contributed by atoms with van der Waals surface area (Å²) in [4.78, 5) is 13.8. The number of hydrogen-bond donors (Lipinski definition) is 1. The van der Waals surface area contributed by atoms with Gasteiger partial charge in [0.1, 0.15) is 5.82 Å². The van der Waals surface area contributed by atoms with Crippen LogP contribution in [0.5, 0.6) is 0 Å². The molecule has 3 nitrogen and oxygen atoms in total. The van der Waals surface area contributed by atoms with Gasteiger partial charge in [0.2, 0.25) is 5.83 Å². The van der Waals surface area contributed by atoms with Gasteiger partial charge in [0, 0.05) is 5.57 Å². The van der Waals surface area contributed by atoms with Crippen LogP contribution in [0.3, 0.4) is 0 Å². The largest absolute Gasteiger partial charge is 0.476 e. The highest BCUT2D eigenvalue weighted by Crippen LogP contribution is 2.17. The summed E-state index contributed by atoms with van der Waals surface area (Å²) in [5, 5.41) is 8.33. The molecule has 14 heavy (non-hydrogen) atoms. The van der Waals surface area contributed by atoms with E-state index in [1.54, 1.807) is 0 Å². The number of aliphatic carboxylic acids is 1. The minimum absolute atomic E-state index is 0.103. The third-order valence-corrected chi connectivity index (χ3v) is 1.63. The van der Waals surface area contributed by atoms with Crippen molar-refractivity contribution in [3.8, 4) is 0 Å². The molecule has 1 N–H and O–H groups in total. The van der Waals surface area contributed by atoms with Crippen molar-refractivity contribution < 1.29 is 18.7 Å². The van der Waals surface area contributed by atoms with E-state index in [9.17, 15) is 13.6 Å². The van der Waals surface area contributed by atoms with E-state index in [-0.39, 0.29) is 11.3 Å². The van der Waals surface area contributed by atoms with Crippen LogP contribution in [0.25, 0.3) is 5.57 Å². The Bertz CT molecular complexity index is 384. The minimum atomic E-state index is -1.66. The van der Waals surface area contributed by atoms with Gasteiger partial charge in [0.05, 0.1) is 11.9 Å². The summed E-state index contributed by atoms with van der Waals surface area (Å²) < 4.78 is 25.3. The first-order valence-corrected chi connectivity index (χ1v) is 3.74. The van der Waals surface area contributed by atoms with E-state index in [1.807, 2.05) is 0 Å². The number of carboxylic acids is 1. The van der Waals surface area contributed by atoms with Crippen LogP contribution < -0.4 is 0 Å². The van der Waals surface area contributed by atoms with E-state index < -0.39 is 17.6 Å². The van der Waals surface area contributed by atoms with Gasteiger partial charge in [-0.15, -0.1) is 0 Å². The molecule has 0 aliphatic carbocycles. The molecule has 0 spiro atoms. The molecular weight excluding hydrogens is 192 g/mol. The molecule has 0 fully saturated rings. The average Bonchev–Trinajstić information content (AvgIpc) is 2.16. The van der Waals surface area contributed by atoms with Crippen LogP contribution in [-0.2, 0) is 4.79 Å². The molecule has 0 radical (unpaired) electrons. The standard InChI is InChI=1S/C9H7F2NO2/c1-5(8(11)9(13)14)7-3-2-6(10)4-12-7/h2-4H,1H3,(H,13,14)/b8-5-. The quantitative estimate of drug-likeness (QED) is 0.741. The first-order valence-electron chi connectivity index (χ1n) is 3.74. The van der Waals surface area contributed by atoms with Crippen LogP contribution in [0, 0.1) is 5.82 Å². The molecule has 0 saturated heterocycles. The number of pyridine rings is 1. The number of allylic oxidation sites excluding steroid dienone is 1. The van der Waals surface area contributed by atoms with Crippen LogP contribution in [0.15, 0.2) is 24.2 Å². The predicted molar refractivity (Wildman–Crippen MR) is 45.5 cm³/mol. The Hall–Kier alpha value is -1.78. The SMILES string of the molecule is C/C(=C(/F)C(=O)O)c1ccc(F)cn1. The third-order valence-electron chi connectivity index (χ3n) is 1.63. The zero-order valence-electron chi connectivity index (χ0n) is 7.29. The first kappa shape index (κ1) is 10.3. The van der Waals surface area contributed by atoms with E-state index in [1.165, 1.54) is 13.0 Å². The zero-order valence-corrected chi connectivity index (χ0v) is 7.29. The Morgan fingerprint density at radius 2 is 2.14 bits per heavy atom. The van der Waals surface area contributed by atoms with Crippen LogP contribution in [0.2, 0.25) is 0 Å². The highest BCUT2D eigenvalue weighted by molar-refractivity contribution is 5.92. The molecular formula is C9H7F2NO2. The normalized spacial score (nSPS) is 12.2. The second-order valence-electron chi connectivity index (χ2n) is 2.61. The van der Waals surface area contributed by atoms with Crippen LogP contribution >= 0.6 is 0 Å². The lowest BCUT2D eigenvalue weighted by atomic mass is 10.2. The molecule has 0 atom stereocenters. The molecule has 0 unspecified atom stereocenters. The van der Waals surface area contributed by atoms with E-state index in [4.69, 9.17) is 5.11 Å². The molecule has 0 aliphatic heterocycles. The van der Waals surface area contributed by atoms with Crippen molar-refractivity contribution in [2.75, 3.05) is 0 Å². The Kier molecular flexibility index (Phi) is 2.91. The number of aromatic nitrogens is 1.